The number of nitrogen functional groups attached to an aromatic ring is 1. The van der Waals surface area contributed by atoms with Crippen molar-refractivity contribution in [3.8, 4) is 0 Å². The third-order valence-corrected chi connectivity index (χ3v) is 5.29. The fourth-order valence-corrected chi connectivity index (χ4v) is 3.78. The molecule has 0 saturated carbocycles. The number of carbonyl (C=O) groups is 1. The number of nitrogens with two attached hydrogens (primary N) is 1. The molecule has 13 heteroatoms. The first-order valence-corrected chi connectivity index (χ1v) is 9.19. The molecule has 1 aliphatic rings. The molecule has 1 saturated heterocycles. The van der Waals surface area contributed by atoms with Crippen LogP contribution in [0.1, 0.15) is 22.2 Å². The summed E-state index contributed by atoms with van der Waals surface area (Å²) < 4.78 is 40.2. The van der Waals surface area contributed by atoms with E-state index in [1.54, 1.807) is 4.57 Å². The summed E-state index contributed by atoms with van der Waals surface area (Å²) >= 11 is 0. The van der Waals surface area contributed by atoms with E-state index in [0.717, 1.165) is 0 Å². The second-order valence-corrected chi connectivity index (χ2v) is 7.24. The Bertz CT molecular complexity index is 1310. The van der Waals surface area contributed by atoms with Gasteiger partial charge in [0.2, 0.25) is 5.82 Å². The maximum Gasteiger partial charge on any atom is 0.449 e. The van der Waals surface area contributed by atoms with Gasteiger partial charge in [-0.25, -0.2) is 19.9 Å². The van der Waals surface area contributed by atoms with E-state index in [1.165, 1.54) is 35.8 Å². The number of hydrogen-bond acceptors (Lipinski definition) is 7. The molecule has 31 heavy (non-hydrogen) atoms. The SMILES string of the molecule is Nc1ncnc2c1ncn2[C@@H]1CN(C(=O)c2ccc3nc(C(F)(F)F)[nH]c3c2)C[C@H]1O. The zero-order valence-electron chi connectivity index (χ0n) is 15.7. The molecule has 4 heterocycles. The van der Waals surface area contributed by atoms with Gasteiger partial charge in [-0.15, -0.1) is 0 Å². The minimum absolute atomic E-state index is 0.0402. The number of benzene rings is 1. The number of alkyl halides is 3. The summed E-state index contributed by atoms with van der Waals surface area (Å²) in [5.41, 5.74) is 7.01. The molecule has 0 radical (unpaired) electrons. The van der Waals surface area contributed by atoms with Crippen LogP contribution in [0.3, 0.4) is 0 Å². The Morgan fingerprint density at radius 1 is 1.23 bits per heavy atom. The minimum atomic E-state index is -4.62. The highest BCUT2D eigenvalue weighted by Gasteiger charge is 2.37. The highest BCUT2D eigenvalue weighted by atomic mass is 19.4. The average Bonchev–Trinajstić information content (AvgIpc) is 3.42. The van der Waals surface area contributed by atoms with Crippen molar-refractivity contribution in [2.24, 2.45) is 0 Å². The van der Waals surface area contributed by atoms with E-state index >= 15 is 0 Å². The van der Waals surface area contributed by atoms with Gasteiger partial charge in [-0.1, -0.05) is 0 Å². The Labute approximate surface area is 171 Å². The van der Waals surface area contributed by atoms with Crippen LogP contribution in [0.4, 0.5) is 19.0 Å². The van der Waals surface area contributed by atoms with E-state index in [2.05, 4.69) is 24.9 Å². The molecule has 4 N–H and O–H groups in total. The molecule has 1 aliphatic heterocycles. The minimum Gasteiger partial charge on any atom is -0.389 e. The lowest BCUT2D eigenvalue weighted by Gasteiger charge is -2.17. The van der Waals surface area contributed by atoms with Gasteiger partial charge in [0.05, 0.1) is 29.5 Å². The second kappa shape index (κ2) is 6.63. The van der Waals surface area contributed by atoms with E-state index in [-0.39, 0.29) is 35.5 Å². The predicted octanol–water partition coefficient (Wildman–Crippen LogP) is 1.36. The van der Waals surface area contributed by atoms with E-state index < -0.39 is 30.1 Å². The molecule has 0 unspecified atom stereocenters. The summed E-state index contributed by atoms with van der Waals surface area (Å²) in [6.45, 7) is 0.197. The Kier molecular flexibility index (Phi) is 4.12. The molecule has 4 aromatic rings. The largest absolute Gasteiger partial charge is 0.449 e. The number of hydrogen-bond donors (Lipinski definition) is 3. The lowest BCUT2D eigenvalue weighted by molar-refractivity contribution is -0.144. The van der Waals surface area contributed by atoms with Gasteiger partial charge in [0.25, 0.3) is 5.91 Å². The summed E-state index contributed by atoms with van der Waals surface area (Å²) in [5, 5.41) is 10.6. The van der Waals surface area contributed by atoms with Crippen LogP contribution in [-0.4, -0.2) is 64.6 Å². The van der Waals surface area contributed by atoms with E-state index in [9.17, 15) is 23.1 Å². The molecule has 3 aromatic heterocycles. The molecule has 0 spiro atoms. The van der Waals surface area contributed by atoms with Crippen LogP contribution in [-0.2, 0) is 6.18 Å². The number of aromatic nitrogens is 6. The summed E-state index contributed by atoms with van der Waals surface area (Å²) in [7, 11) is 0. The predicted molar refractivity (Wildman–Crippen MR) is 102 cm³/mol. The molecule has 0 bridgehead atoms. The summed E-state index contributed by atoms with van der Waals surface area (Å²) in [5.74, 6) is -1.35. The van der Waals surface area contributed by atoms with Crippen molar-refractivity contribution in [1.29, 1.82) is 0 Å². The standard InChI is InChI=1S/C18H15F3N8O2/c19-18(20,21)17-26-9-2-1-8(3-10(9)27-17)16(31)28-4-11(12(30)5-28)29-7-25-13-14(22)23-6-24-15(13)29/h1-3,6-7,11-12,30H,4-5H2,(H,26,27)(H2,22,23,24)/t11-,12-/m1/s1. The zero-order chi connectivity index (χ0) is 21.9. The number of H-pyrrole nitrogens is 1. The van der Waals surface area contributed by atoms with Gasteiger partial charge in [0.1, 0.15) is 11.8 Å². The van der Waals surface area contributed by atoms with Gasteiger partial charge >= 0.3 is 6.18 Å². The number of rotatable bonds is 2. The molecule has 5 rings (SSSR count). The molecule has 0 aliphatic carbocycles. The monoisotopic (exact) mass is 432 g/mol. The van der Waals surface area contributed by atoms with Gasteiger partial charge in [-0.05, 0) is 18.2 Å². The number of nitrogens with one attached hydrogen (secondary N) is 1. The molecule has 10 nitrogen and oxygen atoms in total. The fourth-order valence-electron chi connectivity index (χ4n) is 3.78. The van der Waals surface area contributed by atoms with Crippen LogP contribution in [0.15, 0.2) is 30.9 Å². The topological polar surface area (TPSA) is 139 Å². The first kappa shape index (κ1) is 19.2. The molecule has 1 fully saturated rings. The highest BCUT2D eigenvalue weighted by molar-refractivity contribution is 5.97. The number of β-amino-alcohol motifs (C(OH)–C–C–N with tert-alkyl or cyclic N) is 1. The molecule has 2 atom stereocenters. The average molecular weight is 432 g/mol. The number of nitrogens with zero attached hydrogens (tertiary/aromatic N) is 6. The summed E-state index contributed by atoms with van der Waals surface area (Å²) in [6.07, 6.45) is -2.75. The van der Waals surface area contributed by atoms with Gasteiger partial charge in [0, 0.05) is 18.7 Å². The number of carbonyl (C=O) groups excluding carboxylic acids is 1. The van der Waals surface area contributed by atoms with Crippen molar-refractivity contribution in [2.45, 2.75) is 18.3 Å². The Balaban J connectivity index is 1.42. The molecular formula is C18H15F3N8O2. The van der Waals surface area contributed by atoms with Crippen LogP contribution in [0.25, 0.3) is 22.2 Å². The second-order valence-electron chi connectivity index (χ2n) is 7.24. The smallest absolute Gasteiger partial charge is 0.389 e. The van der Waals surface area contributed by atoms with Crippen molar-refractivity contribution >= 4 is 33.9 Å². The van der Waals surface area contributed by atoms with Crippen molar-refractivity contribution in [1.82, 2.24) is 34.4 Å². The van der Waals surface area contributed by atoms with Gasteiger partial charge < -0.3 is 25.3 Å². The first-order valence-electron chi connectivity index (χ1n) is 9.19. The van der Waals surface area contributed by atoms with Crippen molar-refractivity contribution < 1.29 is 23.1 Å². The number of imidazole rings is 2. The number of aliphatic hydroxyl groups is 1. The third kappa shape index (κ3) is 3.13. The number of aromatic amines is 1. The normalized spacial score (nSPS) is 19.5. The fraction of sp³-hybridized carbons (Fsp3) is 0.278. The number of fused-ring (bicyclic) bond motifs is 2. The number of halogens is 3. The van der Waals surface area contributed by atoms with E-state index in [4.69, 9.17) is 5.73 Å². The quantitative estimate of drug-likeness (QED) is 0.435. The van der Waals surface area contributed by atoms with Gasteiger partial charge in [-0.2, -0.15) is 13.2 Å². The lowest BCUT2D eigenvalue weighted by Crippen LogP contribution is -2.29. The van der Waals surface area contributed by atoms with Crippen molar-refractivity contribution in [3.63, 3.8) is 0 Å². The van der Waals surface area contributed by atoms with Crippen LogP contribution < -0.4 is 5.73 Å². The Morgan fingerprint density at radius 3 is 2.81 bits per heavy atom. The Hall–Kier alpha value is -3.74. The number of amides is 1. The Morgan fingerprint density at radius 2 is 2.03 bits per heavy atom. The van der Waals surface area contributed by atoms with E-state index in [0.29, 0.717) is 11.2 Å². The number of likely N-dealkylation sites (tertiary alicyclic amines) is 1. The van der Waals surface area contributed by atoms with Gasteiger partial charge in [0.15, 0.2) is 11.5 Å². The highest BCUT2D eigenvalue weighted by Crippen LogP contribution is 2.30. The van der Waals surface area contributed by atoms with Crippen molar-refractivity contribution in [2.75, 3.05) is 18.8 Å². The summed E-state index contributed by atoms with van der Waals surface area (Å²) in [6, 6.07) is 3.56. The third-order valence-electron chi connectivity index (χ3n) is 5.29. The molecule has 1 aromatic carbocycles. The maximum absolute atomic E-state index is 13.0. The van der Waals surface area contributed by atoms with Crippen LogP contribution in [0.2, 0.25) is 0 Å². The summed E-state index contributed by atoms with van der Waals surface area (Å²) in [4.78, 5) is 32.3. The number of aliphatic hydroxyl groups excluding tert-OH is 1. The van der Waals surface area contributed by atoms with E-state index in [1.807, 2.05) is 0 Å². The molecule has 160 valence electrons. The lowest BCUT2D eigenvalue weighted by atomic mass is 10.2. The molecule has 1 amide bonds. The van der Waals surface area contributed by atoms with Crippen LogP contribution in [0, 0.1) is 0 Å². The maximum atomic E-state index is 13.0. The number of anilines is 1. The first-order chi connectivity index (χ1) is 14.7. The van der Waals surface area contributed by atoms with Crippen LogP contribution in [0.5, 0.6) is 0 Å². The van der Waals surface area contributed by atoms with Gasteiger partial charge in [-0.3, -0.25) is 4.79 Å². The van der Waals surface area contributed by atoms with Crippen LogP contribution >= 0.6 is 0 Å². The zero-order valence-corrected chi connectivity index (χ0v) is 15.7. The van der Waals surface area contributed by atoms with Crippen molar-refractivity contribution in [3.05, 3.63) is 42.2 Å². The molecular weight excluding hydrogens is 417 g/mol.